The molecule has 0 spiro atoms. The van der Waals surface area contributed by atoms with E-state index < -0.39 is 5.97 Å². The molecule has 35 heavy (non-hydrogen) atoms. The van der Waals surface area contributed by atoms with Crippen LogP contribution in [-0.4, -0.2) is 40.6 Å². The minimum Gasteiger partial charge on any atom is -0.487 e. The highest BCUT2D eigenvalue weighted by Gasteiger charge is 2.35. The first-order chi connectivity index (χ1) is 16.8. The van der Waals surface area contributed by atoms with E-state index in [0.29, 0.717) is 18.5 Å². The molecule has 0 aromatic heterocycles. The maximum atomic E-state index is 13.4. The summed E-state index contributed by atoms with van der Waals surface area (Å²) in [7, 11) is 0. The van der Waals surface area contributed by atoms with Gasteiger partial charge in [-0.2, -0.15) is 0 Å². The van der Waals surface area contributed by atoms with Crippen LogP contribution in [0.3, 0.4) is 0 Å². The predicted octanol–water partition coefficient (Wildman–Crippen LogP) is 5.94. The van der Waals surface area contributed by atoms with Crippen molar-refractivity contribution in [3.63, 3.8) is 0 Å². The van der Waals surface area contributed by atoms with Gasteiger partial charge in [0, 0.05) is 36.0 Å². The van der Waals surface area contributed by atoms with Crippen LogP contribution in [0.2, 0.25) is 0 Å². The van der Waals surface area contributed by atoms with Gasteiger partial charge in [0.05, 0.1) is 6.42 Å². The van der Waals surface area contributed by atoms with E-state index >= 15 is 0 Å². The average molecular weight is 536 g/mol. The summed E-state index contributed by atoms with van der Waals surface area (Å²) in [6.45, 7) is 2.80. The molecule has 1 amide bonds. The van der Waals surface area contributed by atoms with E-state index in [1.54, 1.807) is 11.0 Å². The van der Waals surface area contributed by atoms with Crippen molar-refractivity contribution in [3.8, 4) is 5.75 Å². The van der Waals surface area contributed by atoms with Crippen LogP contribution in [0.4, 0.5) is 0 Å². The molecule has 1 heterocycles. The van der Waals surface area contributed by atoms with Crippen molar-refractivity contribution in [2.75, 3.05) is 13.1 Å². The van der Waals surface area contributed by atoms with E-state index in [-0.39, 0.29) is 24.5 Å². The van der Waals surface area contributed by atoms with Gasteiger partial charge in [-0.15, -0.1) is 0 Å². The number of fused-ring (bicyclic) bond motifs is 1. The van der Waals surface area contributed by atoms with Crippen molar-refractivity contribution < 1.29 is 19.4 Å². The fourth-order valence-electron chi connectivity index (χ4n) is 4.63. The van der Waals surface area contributed by atoms with Crippen LogP contribution < -0.4 is 4.74 Å². The monoisotopic (exact) mass is 535 g/mol. The standard InChI is InChI=1S/C29H30BrNO4/c1-29(19-22-9-12-25(30)13-10-22)20-24-18-23(11-14-26(24)35-29)28(34)31(17-15-27(32)33)16-5-8-21-6-3-2-4-7-21/h2-4,6-7,9-14,18H,5,8,15-17,19-20H2,1H3,(H,32,33)/t29-/m0/s1. The molecule has 182 valence electrons. The molecular weight excluding hydrogens is 506 g/mol. The zero-order valence-electron chi connectivity index (χ0n) is 19.9. The summed E-state index contributed by atoms with van der Waals surface area (Å²) in [5.41, 5.74) is 3.61. The van der Waals surface area contributed by atoms with E-state index in [0.717, 1.165) is 35.0 Å². The Bertz CT molecular complexity index is 1180. The van der Waals surface area contributed by atoms with E-state index in [1.165, 1.54) is 11.1 Å². The molecule has 0 radical (unpaired) electrons. The Labute approximate surface area is 214 Å². The Kier molecular flexibility index (Phi) is 7.91. The summed E-state index contributed by atoms with van der Waals surface area (Å²) < 4.78 is 7.35. The molecule has 0 fully saturated rings. The number of amides is 1. The molecule has 1 aliphatic rings. The molecule has 5 nitrogen and oxygen atoms in total. The van der Waals surface area contributed by atoms with Crippen LogP contribution in [0.15, 0.2) is 77.3 Å². The van der Waals surface area contributed by atoms with Crippen molar-refractivity contribution in [2.45, 2.75) is 44.6 Å². The van der Waals surface area contributed by atoms with E-state index in [4.69, 9.17) is 4.74 Å². The molecule has 1 aliphatic heterocycles. The third-order valence-electron chi connectivity index (χ3n) is 6.34. The molecule has 0 aliphatic carbocycles. The molecule has 1 atom stereocenters. The highest BCUT2D eigenvalue weighted by molar-refractivity contribution is 9.10. The van der Waals surface area contributed by atoms with E-state index in [9.17, 15) is 14.7 Å². The highest BCUT2D eigenvalue weighted by atomic mass is 79.9. The number of ether oxygens (including phenoxy) is 1. The number of rotatable bonds is 10. The van der Waals surface area contributed by atoms with Crippen molar-refractivity contribution in [1.82, 2.24) is 4.90 Å². The number of carboxylic acid groups (broad SMARTS) is 1. The lowest BCUT2D eigenvalue weighted by Crippen LogP contribution is -2.34. The Morgan fingerprint density at radius 3 is 2.46 bits per heavy atom. The van der Waals surface area contributed by atoms with Gasteiger partial charge in [-0.25, -0.2) is 0 Å². The number of halogens is 1. The van der Waals surface area contributed by atoms with Gasteiger partial charge in [-0.3, -0.25) is 9.59 Å². The molecule has 3 aromatic carbocycles. The summed E-state index contributed by atoms with van der Waals surface area (Å²) in [6, 6.07) is 23.9. The van der Waals surface area contributed by atoms with Crippen LogP contribution >= 0.6 is 15.9 Å². The molecule has 0 saturated heterocycles. The lowest BCUT2D eigenvalue weighted by atomic mass is 9.91. The van der Waals surface area contributed by atoms with E-state index in [2.05, 4.69) is 47.1 Å². The fourth-order valence-corrected chi connectivity index (χ4v) is 4.90. The third kappa shape index (κ3) is 6.73. The molecule has 3 aromatic rings. The second kappa shape index (κ2) is 11.1. The first-order valence-electron chi connectivity index (χ1n) is 11.9. The molecular formula is C29H30BrNO4. The Hall–Kier alpha value is -3.12. The summed E-state index contributed by atoms with van der Waals surface area (Å²) in [6.07, 6.45) is 3.01. The highest BCUT2D eigenvalue weighted by Crippen LogP contribution is 2.37. The zero-order chi connectivity index (χ0) is 24.8. The summed E-state index contributed by atoms with van der Waals surface area (Å²) in [5, 5.41) is 9.18. The molecule has 4 rings (SSSR count). The topological polar surface area (TPSA) is 66.8 Å². The number of hydrogen-bond acceptors (Lipinski definition) is 3. The predicted molar refractivity (Wildman–Crippen MR) is 140 cm³/mol. The van der Waals surface area contributed by atoms with Crippen molar-refractivity contribution in [1.29, 1.82) is 0 Å². The normalized spacial score (nSPS) is 16.4. The smallest absolute Gasteiger partial charge is 0.305 e. The number of carbonyl (C=O) groups excluding carboxylic acids is 1. The van der Waals surface area contributed by atoms with Gasteiger partial charge in [0.1, 0.15) is 11.4 Å². The number of aliphatic carboxylic acids is 1. The molecule has 0 unspecified atom stereocenters. The summed E-state index contributed by atoms with van der Waals surface area (Å²) >= 11 is 3.47. The van der Waals surface area contributed by atoms with E-state index in [1.807, 2.05) is 42.5 Å². The first-order valence-corrected chi connectivity index (χ1v) is 12.7. The van der Waals surface area contributed by atoms with Gasteiger partial charge in [-0.1, -0.05) is 58.4 Å². The zero-order valence-corrected chi connectivity index (χ0v) is 21.5. The lowest BCUT2D eigenvalue weighted by molar-refractivity contribution is -0.137. The van der Waals surface area contributed by atoms with Crippen molar-refractivity contribution in [3.05, 3.63) is 99.5 Å². The number of hydrogen-bond donors (Lipinski definition) is 1. The third-order valence-corrected chi connectivity index (χ3v) is 6.87. The van der Waals surface area contributed by atoms with Gasteiger partial charge in [0.2, 0.25) is 0 Å². The number of carboxylic acids is 1. The first kappa shape index (κ1) is 25.0. The molecule has 1 N–H and O–H groups in total. The largest absolute Gasteiger partial charge is 0.487 e. The Morgan fingerprint density at radius 1 is 1.00 bits per heavy atom. The van der Waals surface area contributed by atoms with Crippen LogP contribution in [0.1, 0.15) is 46.8 Å². The average Bonchev–Trinajstić information content (AvgIpc) is 3.17. The lowest BCUT2D eigenvalue weighted by Gasteiger charge is -2.24. The second-order valence-electron chi connectivity index (χ2n) is 9.38. The SMILES string of the molecule is C[C@]1(Cc2ccc(Br)cc2)Cc2cc(C(=O)N(CCCc3ccccc3)CCC(=O)O)ccc2O1. The number of nitrogens with zero attached hydrogens (tertiary/aromatic N) is 1. The number of benzene rings is 3. The summed E-state index contributed by atoms with van der Waals surface area (Å²) in [5.74, 6) is -0.233. The van der Waals surface area contributed by atoms with Crippen LogP contribution in [0.5, 0.6) is 5.75 Å². The second-order valence-corrected chi connectivity index (χ2v) is 10.3. The Morgan fingerprint density at radius 2 is 1.74 bits per heavy atom. The number of aryl methyl sites for hydroxylation is 1. The van der Waals surface area contributed by atoms with Gasteiger partial charge >= 0.3 is 5.97 Å². The Balaban J connectivity index is 1.44. The van der Waals surface area contributed by atoms with Crippen molar-refractivity contribution >= 4 is 27.8 Å². The van der Waals surface area contributed by atoms with Crippen LogP contribution in [0, 0.1) is 0 Å². The van der Waals surface area contributed by atoms with Gasteiger partial charge < -0.3 is 14.7 Å². The maximum Gasteiger partial charge on any atom is 0.305 e. The summed E-state index contributed by atoms with van der Waals surface area (Å²) in [4.78, 5) is 26.2. The molecule has 0 bridgehead atoms. The van der Waals surface area contributed by atoms with Crippen LogP contribution in [0.25, 0.3) is 0 Å². The maximum absolute atomic E-state index is 13.4. The van der Waals surface area contributed by atoms with Gasteiger partial charge in [-0.05, 0) is 66.8 Å². The molecule has 6 heteroatoms. The van der Waals surface area contributed by atoms with Crippen molar-refractivity contribution in [2.24, 2.45) is 0 Å². The quantitative estimate of drug-likeness (QED) is 0.349. The minimum absolute atomic E-state index is 0.0730. The van der Waals surface area contributed by atoms with Gasteiger partial charge in [0.15, 0.2) is 0 Å². The minimum atomic E-state index is -0.906. The fraction of sp³-hybridized carbons (Fsp3) is 0.310. The van der Waals surface area contributed by atoms with Crippen LogP contribution in [-0.2, 0) is 24.1 Å². The van der Waals surface area contributed by atoms with Gasteiger partial charge in [0.25, 0.3) is 5.91 Å². The number of carbonyl (C=O) groups is 2. The molecule has 0 saturated carbocycles.